The van der Waals surface area contributed by atoms with E-state index in [1.54, 1.807) is 20.8 Å². The Hall–Kier alpha value is -2.84. The molecule has 0 aliphatic rings. The second-order valence-corrected chi connectivity index (χ2v) is 9.08. The molecule has 0 spiro atoms. The van der Waals surface area contributed by atoms with Gasteiger partial charge >= 0.3 is 6.09 Å². The first-order valence-corrected chi connectivity index (χ1v) is 10.5. The molecule has 0 aliphatic heterocycles. The number of alkyl carbamates (subject to hydrolysis) is 1. The summed E-state index contributed by atoms with van der Waals surface area (Å²) in [6.45, 7) is 17.5. The minimum absolute atomic E-state index is 0.0194. The standard InChI is InChI=1S/C22H36N4O5/c1-14(2)13-30-17-11-19(28)26(25-20(17)15(3)4)12-18(27)24-16(5)9-10-23-21(29)31-22(6,7)8/h11,14-15H,5,9-10,12-13H2,1-4,6-8H3,(H,23,29)(H,24,27). The molecule has 0 atom stereocenters. The molecule has 2 amide bonds. The van der Waals surface area contributed by atoms with E-state index in [1.165, 1.54) is 6.07 Å². The van der Waals surface area contributed by atoms with Crippen LogP contribution in [0.3, 0.4) is 0 Å². The van der Waals surface area contributed by atoms with Gasteiger partial charge in [-0.05, 0) is 26.7 Å². The van der Waals surface area contributed by atoms with Crippen molar-refractivity contribution in [2.24, 2.45) is 5.92 Å². The monoisotopic (exact) mass is 436 g/mol. The van der Waals surface area contributed by atoms with Crippen molar-refractivity contribution in [3.8, 4) is 5.75 Å². The number of amides is 2. The Balaban J connectivity index is 2.66. The van der Waals surface area contributed by atoms with Crippen LogP contribution in [0, 0.1) is 5.92 Å². The van der Waals surface area contributed by atoms with Gasteiger partial charge in [-0.25, -0.2) is 9.48 Å². The van der Waals surface area contributed by atoms with Gasteiger partial charge in [-0.2, -0.15) is 5.10 Å². The number of nitrogens with one attached hydrogen (secondary N) is 2. The zero-order valence-electron chi connectivity index (χ0n) is 19.7. The van der Waals surface area contributed by atoms with Gasteiger partial charge in [0, 0.05) is 30.6 Å². The zero-order chi connectivity index (χ0) is 23.8. The van der Waals surface area contributed by atoms with E-state index < -0.39 is 23.2 Å². The van der Waals surface area contributed by atoms with Crippen molar-refractivity contribution in [3.63, 3.8) is 0 Å². The molecule has 1 aromatic rings. The maximum Gasteiger partial charge on any atom is 0.407 e. The predicted octanol–water partition coefficient (Wildman–Crippen LogP) is 2.95. The van der Waals surface area contributed by atoms with Crippen LogP contribution in [0.2, 0.25) is 0 Å². The second-order valence-electron chi connectivity index (χ2n) is 9.08. The van der Waals surface area contributed by atoms with Crippen molar-refractivity contribution in [2.75, 3.05) is 13.2 Å². The summed E-state index contributed by atoms with van der Waals surface area (Å²) in [6, 6.07) is 1.37. The van der Waals surface area contributed by atoms with Gasteiger partial charge in [0.2, 0.25) is 5.91 Å². The summed E-state index contributed by atoms with van der Waals surface area (Å²) in [6.07, 6.45) is -0.213. The van der Waals surface area contributed by atoms with Crippen molar-refractivity contribution in [1.82, 2.24) is 20.4 Å². The Morgan fingerprint density at radius 2 is 1.87 bits per heavy atom. The van der Waals surface area contributed by atoms with E-state index >= 15 is 0 Å². The van der Waals surface area contributed by atoms with E-state index in [2.05, 4.69) is 22.3 Å². The lowest BCUT2D eigenvalue weighted by Crippen LogP contribution is -2.35. The normalized spacial score (nSPS) is 11.4. The van der Waals surface area contributed by atoms with Gasteiger partial charge in [0.05, 0.1) is 6.61 Å². The molecule has 0 saturated carbocycles. The van der Waals surface area contributed by atoms with Crippen molar-refractivity contribution in [2.45, 2.75) is 73.0 Å². The molecule has 0 fully saturated rings. The Morgan fingerprint density at radius 3 is 2.42 bits per heavy atom. The highest BCUT2D eigenvalue weighted by Crippen LogP contribution is 2.22. The Kier molecular flexibility index (Phi) is 9.74. The molecule has 2 N–H and O–H groups in total. The van der Waals surface area contributed by atoms with Gasteiger partial charge in [-0.3, -0.25) is 9.59 Å². The number of hydrogen-bond donors (Lipinski definition) is 2. The van der Waals surface area contributed by atoms with Gasteiger partial charge in [0.15, 0.2) is 0 Å². The molecule has 0 radical (unpaired) electrons. The molecular weight excluding hydrogens is 400 g/mol. The van der Waals surface area contributed by atoms with Crippen LogP contribution in [-0.2, 0) is 16.1 Å². The number of ether oxygens (including phenoxy) is 2. The summed E-state index contributed by atoms with van der Waals surface area (Å²) in [5.41, 5.74) is 0.0267. The number of carbonyl (C=O) groups is 2. The molecule has 0 aromatic carbocycles. The molecule has 1 aromatic heterocycles. The van der Waals surface area contributed by atoms with Crippen LogP contribution >= 0.6 is 0 Å². The van der Waals surface area contributed by atoms with Crippen LogP contribution in [0.25, 0.3) is 0 Å². The third-order valence-corrected chi connectivity index (χ3v) is 3.81. The first kappa shape index (κ1) is 26.2. The summed E-state index contributed by atoms with van der Waals surface area (Å²) in [5, 5.41) is 9.55. The lowest BCUT2D eigenvalue weighted by Gasteiger charge is -2.19. The topological polar surface area (TPSA) is 112 Å². The van der Waals surface area contributed by atoms with E-state index in [1.807, 2.05) is 27.7 Å². The smallest absolute Gasteiger partial charge is 0.407 e. The van der Waals surface area contributed by atoms with Crippen LogP contribution in [0.1, 0.15) is 66.5 Å². The van der Waals surface area contributed by atoms with Crippen LogP contribution in [-0.4, -0.2) is 40.5 Å². The third-order valence-electron chi connectivity index (χ3n) is 3.81. The highest BCUT2D eigenvalue weighted by atomic mass is 16.6. The molecular formula is C22H36N4O5. The number of carbonyl (C=O) groups excluding carboxylic acids is 2. The molecule has 0 saturated heterocycles. The fourth-order valence-electron chi connectivity index (χ4n) is 2.44. The number of aromatic nitrogens is 2. The summed E-state index contributed by atoms with van der Waals surface area (Å²) < 4.78 is 12.0. The quantitative estimate of drug-likeness (QED) is 0.583. The first-order chi connectivity index (χ1) is 14.3. The number of nitrogens with zero attached hydrogens (tertiary/aromatic N) is 2. The largest absolute Gasteiger partial charge is 0.491 e. The van der Waals surface area contributed by atoms with Crippen LogP contribution in [0.4, 0.5) is 4.79 Å². The average Bonchev–Trinajstić information content (AvgIpc) is 2.59. The highest BCUT2D eigenvalue weighted by molar-refractivity contribution is 5.77. The Labute approximate surface area is 184 Å². The molecule has 0 aliphatic carbocycles. The molecule has 1 heterocycles. The van der Waals surface area contributed by atoms with Crippen LogP contribution in [0.5, 0.6) is 5.75 Å². The van der Waals surface area contributed by atoms with Gasteiger partial charge in [-0.15, -0.1) is 0 Å². The van der Waals surface area contributed by atoms with E-state index in [4.69, 9.17) is 9.47 Å². The SMILES string of the molecule is C=C(CCNC(=O)OC(C)(C)C)NC(=O)Cn1nc(C(C)C)c(OCC(C)C)cc1=O. The maximum atomic E-state index is 12.4. The van der Waals surface area contributed by atoms with Gasteiger partial charge in [0.25, 0.3) is 5.56 Å². The van der Waals surface area contributed by atoms with E-state index in [-0.39, 0.29) is 19.0 Å². The average molecular weight is 437 g/mol. The van der Waals surface area contributed by atoms with E-state index in [0.29, 0.717) is 36.1 Å². The summed E-state index contributed by atoms with van der Waals surface area (Å²) in [4.78, 5) is 36.4. The zero-order valence-corrected chi connectivity index (χ0v) is 19.7. The highest BCUT2D eigenvalue weighted by Gasteiger charge is 2.17. The molecule has 1 rings (SSSR count). The number of rotatable bonds is 10. The summed E-state index contributed by atoms with van der Waals surface area (Å²) >= 11 is 0. The van der Waals surface area contributed by atoms with Crippen molar-refractivity contribution in [3.05, 3.63) is 34.4 Å². The van der Waals surface area contributed by atoms with Gasteiger partial charge < -0.3 is 20.1 Å². The van der Waals surface area contributed by atoms with Gasteiger partial charge in [0.1, 0.15) is 23.6 Å². The Bertz CT molecular complexity index is 837. The van der Waals surface area contributed by atoms with Crippen LogP contribution < -0.4 is 20.9 Å². The van der Waals surface area contributed by atoms with Crippen molar-refractivity contribution < 1.29 is 19.1 Å². The molecule has 9 nitrogen and oxygen atoms in total. The molecule has 9 heteroatoms. The fraction of sp³-hybridized carbons (Fsp3) is 0.636. The predicted molar refractivity (Wildman–Crippen MR) is 119 cm³/mol. The minimum atomic E-state index is -0.584. The minimum Gasteiger partial charge on any atom is -0.491 e. The maximum absolute atomic E-state index is 12.4. The summed E-state index contributed by atoms with van der Waals surface area (Å²) in [5.74, 6) is 0.348. The van der Waals surface area contributed by atoms with Crippen molar-refractivity contribution >= 4 is 12.0 Å². The number of hydrogen-bond acceptors (Lipinski definition) is 6. The molecule has 0 unspecified atom stereocenters. The second kappa shape index (κ2) is 11.5. The first-order valence-electron chi connectivity index (χ1n) is 10.5. The Morgan fingerprint density at radius 1 is 1.23 bits per heavy atom. The van der Waals surface area contributed by atoms with E-state index in [0.717, 1.165) is 4.68 Å². The fourth-order valence-corrected chi connectivity index (χ4v) is 2.44. The van der Waals surface area contributed by atoms with Gasteiger partial charge in [-0.1, -0.05) is 34.3 Å². The van der Waals surface area contributed by atoms with Crippen LogP contribution in [0.15, 0.2) is 23.1 Å². The van der Waals surface area contributed by atoms with E-state index in [9.17, 15) is 14.4 Å². The summed E-state index contributed by atoms with van der Waals surface area (Å²) in [7, 11) is 0. The lowest BCUT2D eigenvalue weighted by molar-refractivity contribution is -0.121. The third kappa shape index (κ3) is 10.1. The molecule has 0 bridgehead atoms. The molecule has 174 valence electrons. The molecule has 31 heavy (non-hydrogen) atoms. The van der Waals surface area contributed by atoms with Crippen molar-refractivity contribution in [1.29, 1.82) is 0 Å². The lowest BCUT2D eigenvalue weighted by atomic mass is 10.1.